The van der Waals surface area contributed by atoms with E-state index in [-0.39, 0.29) is 0 Å². The molecule has 2 saturated heterocycles. The molecule has 0 amide bonds. The molecule has 15 heavy (non-hydrogen) atoms. The van der Waals surface area contributed by atoms with Crippen molar-refractivity contribution in [2.24, 2.45) is 5.73 Å². The van der Waals surface area contributed by atoms with Gasteiger partial charge in [-0.05, 0) is 46.0 Å². The van der Waals surface area contributed by atoms with Crippen LogP contribution in [0.25, 0.3) is 0 Å². The van der Waals surface area contributed by atoms with Gasteiger partial charge in [0.15, 0.2) is 0 Å². The first-order valence-electron chi connectivity index (χ1n) is 6.19. The molecule has 2 aliphatic heterocycles. The van der Waals surface area contributed by atoms with Crippen LogP contribution in [0.15, 0.2) is 0 Å². The van der Waals surface area contributed by atoms with Gasteiger partial charge >= 0.3 is 0 Å². The first-order valence-corrected chi connectivity index (χ1v) is 6.19. The Hall–Kier alpha value is -0.120. The highest BCUT2D eigenvalue weighted by Crippen LogP contribution is 2.35. The summed E-state index contributed by atoms with van der Waals surface area (Å²) in [6.07, 6.45) is 5.80. The van der Waals surface area contributed by atoms with E-state index in [1.165, 1.54) is 12.8 Å². The van der Waals surface area contributed by atoms with Crippen molar-refractivity contribution in [1.82, 2.24) is 4.90 Å². The van der Waals surface area contributed by atoms with Crippen LogP contribution < -0.4 is 5.73 Å². The summed E-state index contributed by atoms with van der Waals surface area (Å²) in [6.45, 7) is 4.82. The minimum absolute atomic E-state index is 0.417. The van der Waals surface area contributed by atoms with Crippen molar-refractivity contribution in [2.45, 2.75) is 69.7 Å². The Balaban J connectivity index is 1.89. The molecule has 3 N–H and O–H groups in total. The summed E-state index contributed by atoms with van der Waals surface area (Å²) in [6, 6.07) is 1.81. The summed E-state index contributed by atoms with van der Waals surface area (Å²) >= 11 is 0. The number of hydrogen-bond donors (Lipinski definition) is 2. The molecule has 3 nitrogen and oxygen atoms in total. The third-order valence-corrected chi connectivity index (χ3v) is 3.90. The van der Waals surface area contributed by atoms with Crippen molar-refractivity contribution in [1.29, 1.82) is 0 Å². The van der Waals surface area contributed by atoms with Gasteiger partial charge in [-0.2, -0.15) is 0 Å². The van der Waals surface area contributed by atoms with E-state index in [9.17, 15) is 5.11 Å². The molecule has 2 rings (SSSR count). The van der Waals surface area contributed by atoms with E-state index in [1.54, 1.807) is 0 Å². The van der Waals surface area contributed by atoms with Gasteiger partial charge in [0, 0.05) is 24.7 Å². The molecule has 2 unspecified atom stereocenters. The Morgan fingerprint density at radius 3 is 2.27 bits per heavy atom. The van der Waals surface area contributed by atoms with Gasteiger partial charge in [0.2, 0.25) is 0 Å². The Kier molecular flexibility index (Phi) is 3.06. The molecule has 0 spiro atoms. The van der Waals surface area contributed by atoms with E-state index >= 15 is 0 Å². The molecular formula is C12H24N2O. The van der Waals surface area contributed by atoms with Crippen LogP contribution in [0.4, 0.5) is 0 Å². The van der Waals surface area contributed by atoms with Crippen molar-refractivity contribution in [3.63, 3.8) is 0 Å². The number of nitrogens with two attached hydrogens (primary N) is 1. The van der Waals surface area contributed by atoms with Crippen LogP contribution >= 0.6 is 0 Å². The largest absolute Gasteiger partial charge is 0.390 e. The van der Waals surface area contributed by atoms with E-state index in [4.69, 9.17) is 5.73 Å². The lowest BCUT2D eigenvalue weighted by Gasteiger charge is -2.38. The number of rotatable bonds is 3. The number of aliphatic hydroxyl groups is 1. The molecule has 2 atom stereocenters. The van der Waals surface area contributed by atoms with Crippen molar-refractivity contribution in [2.75, 3.05) is 6.54 Å². The van der Waals surface area contributed by atoms with Gasteiger partial charge in [0.05, 0.1) is 5.60 Å². The highest BCUT2D eigenvalue weighted by atomic mass is 16.3. The van der Waals surface area contributed by atoms with Crippen molar-refractivity contribution in [3.05, 3.63) is 0 Å². The van der Waals surface area contributed by atoms with Crippen LogP contribution in [0.1, 0.15) is 46.0 Å². The third kappa shape index (κ3) is 2.71. The fourth-order valence-electron chi connectivity index (χ4n) is 3.08. The molecule has 0 aromatic carbocycles. The van der Waals surface area contributed by atoms with Crippen molar-refractivity contribution in [3.8, 4) is 0 Å². The van der Waals surface area contributed by atoms with Crippen LogP contribution in [-0.2, 0) is 0 Å². The molecule has 88 valence electrons. The molecule has 2 fully saturated rings. The topological polar surface area (TPSA) is 49.5 Å². The maximum Gasteiger partial charge on any atom is 0.0603 e. The molecule has 3 heteroatoms. The quantitative estimate of drug-likeness (QED) is 0.736. The van der Waals surface area contributed by atoms with Crippen LogP contribution in [0.3, 0.4) is 0 Å². The fraction of sp³-hybridized carbons (Fsp3) is 1.00. The van der Waals surface area contributed by atoms with Crippen LogP contribution in [-0.4, -0.2) is 40.3 Å². The van der Waals surface area contributed by atoms with E-state index in [0.29, 0.717) is 18.1 Å². The number of fused-ring (bicyclic) bond motifs is 2. The minimum Gasteiger partial charge on any atom is -0.390 e. The predicted molar refractivity (Wildman–Crippen MR) is 61.6 cm³/mol. The lowest BCUT2D eigenvalue weighted by Crippen LogP contribution is -2.48. The third-order valence-electron chi connectivity index (χ3n) is 3.90. The summed E-state index contributed by atoms with van der Waals surface area (Å²) in [5.74, 6) is 0. The smallest absolute Gasteiger partial charge is 0.0603 e. The average molecular weight is 212 g/mol. The molecule has 0 aromatic heterocycles. The summed E-state index contributed by atoms with van der Waals surface area (Å²) in [5, 5.41) is 9.74. The van der Waals surface area contributed by atoms with Gasteiger partial charge in [0.1, 0.15) is 0 Å². The predicted octanol–water partition coefficient (Wildman–Crippen LogP) is 1.10. The Labute approximate surface area is 92.6 Å². The second-order valence-corrected chi connectivity index (χ2v) is 5.92. The van der Waals surface area contributed by atoms with E-state index < -0.39 is 5.60 Å². The molecule has 2 bridgehead atoms. The zero-order chi connectivity index (χ0) is 11.1. The zero-order valence-corrected chi connectivity index (χ0v) is 9.95. The molecular weight excluding hydrogens is 188 g/mol. The SMILES string of the molecule is CC(C)(O)CCN1C2CCC1CC(N)C2. The van der Waals surface area contributed by atoms with E-state index in [1.807, 2.05) is 13.8 Å². The monoisotopic (exact) mass is 212 g/mol. The molecule has 0 saturated carbocycles. The van der Waals surface area contributed by atoms with Crippen LogP contribution in [0.2, 0.25) is 0 Å². The first-order chi connectivity index (χ1) is 6.96. The van der Waals surface area contributed by atoms with Crippen molar-refractivity contribution < 1.29 is 5.11 Å². The number of nitrogens with zero attached hydrogens (tertiary/aromatic N) is 1. The number of hydrogen-bond acceptors (Lipinski definition) is 3. The van der Waals surface area contributed by atoms with Gasteiger partial charge in [-0.15, -0.1) is 0 Å². The van der Waals surface area contributed by atoms with Gasteiger partial charge in [-0.25, -0.2) is 0 Å². The summed E-state index contributed by atoms with van der Waals surface area (Å²) in [4.78, 5) is 2.58. The second kappa shape index (κ2) is 4.04. The fourth-order valence-corrected chi connectivity index (χ4v) is 3.08. The van der Waals surface area contributed by atoms with Crippen molar-refractivity contribution >= 4 is 0 Å². The van der Waals surface area contributed by atoms with Gasteiger partial charge in [-0.3, -0.25) is 4.90 Å². The van der Waals surface area contributed by atoms with Gasteiger partial charge in [0.25, 0.3) is 0 Å². The van der Waals surface area contributed by atoms with Gasteiger partial charge in [-0.1, -0.05) is 0 Å². The van der Waals surface area contributed by atoms with Gasteiger partial charge < -0.3 is 10.8 Å². The Morgan fingerprint density at radius 2 is 1.80 bits per heavy atom. The number of piperidine rings is 1. The average Bonchev–Trinajstić information content (AvgIpc) is 2.33. The molecule has 2 heterocycles. The molecule has 0 aromatic rings. The summed E-state index contributed by atoms with van der Waals surface area (Å²) in [5.41, 5.74) is 5.49. The minimum atomic E-state index is -0.529. The lowest BCUT2D eigenvalue weighted by molar-refractivity contribution is 0.0400. The lowest BCUT2D eigenvalue weighted by atomic mass is 9.96. The maximum absolute atomic E-state index is 9.74. The van der Waals surface area contributed by atoms with Crippen LogP contribution in [0.5, 0.6) is 0 Å². The van der Waals surface area contributed by atoms with Crippen LogP contribution in [0, 0.1) is 0 Å². The second-order valence-electron chi connectivity index (χ2n) is 5.92. The molecule has 0 radical (unpaired) electrons. The first kappa shape index (κ1) is 11.4. The molecule has 0 aliphatic carbocycles. The standard InChI is InChI=1S/C12H24N2O/c1-12(2,15)5-6-14-10-3-4-11(14)8-9(13)7-10/h9-11,15H,3-8,13H2,1-2H3. The van der Waals surface area contributed by atoms with E-state index in [2.05, 4.69) is 4.90 Å². The zero-order valence-electron chi connectivity index (χ0n) is 9.95. The maximum atomic E-state index is 9.74. The summed E-state index contributed by atoms with van der Waals surface area (Å²) in [7, 11) is 0. The Bertz CT molecular complexity index is 210. The summed E-state index contributed by atoms with van der Waals surface area (Å²) < 4.78 is 0. The van der Waals surface area contributed by atoms with E-state index in [0.717, 1.165) is 25.8 Å². The molecule has 2 aliphatic rings. The highest BCUT2D eigenvalue weighted by Gasteiger charge is 2.39. The Morgan fingerprint density at radius 1 is 1.27 bits per heavy atom. The normalized spacial score (nSPS) is 37.2. The highest BCUT2D eigenvalue weighted by molar-refractivity contribution is 4.96.